The molecule has 2 aromatic rings. The Kier molecular flexibility index (Phi) is 3.63. The Hall–Kier alpha value is -1.14. The molecule has 92 valence electrons. The molecule has 6 heteroatoms. The van der Waals surface area contributed by atoms with Crippen LogP contribution < -0.4 is 5.32 Å². The van der Waals surface area contributed by atoms with Gasteiger partial charge in [0, 0.05) is 12.6 Å². The van der Waals surface area contributed by atoms with Crippen molar-refractivity contribution in [2.45, 2.75) is 26.9 Å². The Labute approximate surface area is 108 Å². The van der Waals surface area contributed by atoms with E-state index in [0.717, 1.165) is 27.3 Å². The van der Waals surface area contributed by atoms with Crippen molar-refractivity contribution in [1.29, 1.82) is 0 Å². The highest BCUT2D eigenvalue weighted by Crippen LogP contribution is 2.20. The maximum absolute atomic E-state index is 5.26. The van der Waals surface area contributed by atoms with Crippen LogP contribution in [-0.2, 0) is 13.1 Å². The summed E-state index contributed by atoms with van der Waals surface area (Å²) >= 11 is 3.50. The summed E-state index contributed by atoms with van der Waals surface area (Å²) in [5.41, 5.74) is 2.98. The molecule has 2 heterocycles. The molecule has 0 saturated carbocycles. The van der Waals surface area contributed by atoms with Crippen molar-refractivity contribution >= 4 is 15.9 Å². The first-order valence-corrected chi connectivity index (χ1v) is 6.19. The van der Waals surface area contributed by atoms with E-state index in [-0.39, 0.29) is 0 Å². The number of hydrogen-bond donors (Lipinski definition) is 1. The molecule has 0 unspecified atom stereocenters. The van der Waals surface area contributed by atoms with E-state index in [4.69, 9.17) is 4.52 Å². The SMILES string of the molecule is CNCc1cc(Cn2nc(C)c(Br)c2C)on1. The molecule has 0 amide bonds. The van der Waals surface area contributed by atoms with Crippen molar-refractivity contribution in [2.24, 2.45) is 0 Å². The Bertz CT molecular complexity index is 518. The van der Waals surface area contributed by atoms with Crippen LogP contribution in [-0.4, -0.2) is 22.0 Å². The predicted molar refractivity (Wildman–Crippen MR) is 67.8 cm³/mol. The zero-order valence-corrected chi connectivity index (χ0v) is 11.7. The van der Waals surface area contributed by atoms with Gasteiger partial charge in [-0.05, 0) is 36.8 Å². The molecule has 0 bridgehead atoms. The Morgan fingerprint density at radius 1 is 1.47 bits per heavy atom. The zero-order chi connectivity index (χ0) is 12.4. The van der Waals surface area contributed by atoms with E-state index in [2.05, 4.69) is 31.5 Å². The first-order chi connectivity index (χ1) is 8.11. The summed E-state index contributed by atoms with van der Waals surface area (Å²) in [6.45, 7) is 5.31. The second-order valence-electron chi connectivity index (χ2n) is 3.96. The molecule has 0 aliphatic rings. The number of halogens is 1. The first kappa shape index (κ1) is 12.3. The van der Waals surface area contributed by atoms with Crippen LogP contribution in [0.3, 0.4) is 0 Å². The van der Waals surface area contributed by atoms with Gasteiger partial charge in [0.25, 0.3) is 0 Å². The molecular weight excluding hydrogens is 284 g/mol. The lowest BCUT2D eigenvalue weighted by molar-refractivity contribution is 0.364. The van der Waals surface area contributed by atoms with E-state index in [0.29, 0.717) is 13.1 Å². The largest absolute Gasteiger partial charge is 0.359 e. The average molecular weight is 299 g/mol. The van der Waals surface area contributed by atoms with Gasteiger partial charge in [-0.1, -0.05) is 5.16 Å². The van der Waals surface area contributed by atoms with Gasteiger partial charge in [-0.15, -0.1) is 0 Å². The van der Waals surface area contributed by atoms with E-state index in [1.807, 2.05) is 31.6 Å². The second kappa shape index (κ2) is 5.01. The van der Waals surface area contributed by atoms with Gasteiger partial charge < -0.3 is 9.84 Å². The Morgan fingerprint density at radius 3 is 2.82 bits per heavy atom. The van der Waals surface area contributed by atoms with Gasteiger partial charge in [0.05, 0.1) is 21.6 Å². The van der Waals surface area contributed by atoms with E-state index in [1.165, 1.54) is 0 Å². The third kappa shape index (κ3) is 2.58. The number of aryl methyl sites for hydroxylation is 1. The fourth-order valence-electron chi connectivity index (χ4n) is 1.67. The second-order valence-corrected chi connectivity index (χ2v) is 4.75. The fraction of sp³-hybridized carbons (Fsp3) is 0.455. The highest BCUT2D eigenvalue weighted by Gasteiger charge is 2.11. The smallest absolute Gasteiger partial charge is 0.158 e. The molecule has 0 spiro atoms. The molecule has 1 N–H and O–H groups in total. The van der Waals surface area contributed by atoms with Crippen molar-refractivity contribution in [3.8, 4) is 0 Å². The molecule has 0 aliphatic heterocycles. The van der Waals surface area contributed by atoms with Gasteiger partial charge in [0.2, 0.25) is 0 Å². The summed E-state index contributed by atoms with van der Waals surface area (Å²) in [5, 5.41) is 11.4. The highest BCUT2D eigenvalue weighted by molar-refractivity contribution is 9.10. The Balaban J connectivity index is 2.16. The van der Waals surface area contributed by atoms with E-state index < -0.39 is 0 Å². The topological polar surface area (TPSA) is 55.9 Å². The van der Waals surface area contributed by atoms with Crippen LogP contribution in [0.2, 0.25) is 0 Å². The quantitative estimate of drug-likeness (QED) is 0.938. The molecule has 2 aromatic heterocycles. The minimum absolute atomic E-state index is 0.606. The summed E-state index contributed by atoms with van der Waals surface area (Å²) in [6.07, 6.45) is 0. The lowest BCUT2D eigenvalue weighted by Gasteiger charge is -1.99. The van der Waals surface area contributed by atoms with E-state index in [1.54, 1.807) is 0 Å². The summed E-state index contributed by atoms with van der Waals surface area (Å²) in [4.78, 5) is 0. The summed E-state index contributed by atoms with van der Waals surface area (Å²) in [5.74, 6) is 0.813. The van der Waals surface area contributed by atoms with Gasteiger partial charge >= 0.3 is 0 Å². The minimum Gasteiger partial charge on any atom is -0.359 e. The molecule has 0 atom stereocenters. The van der Waals surface area contributed by atoms with Gasteiger partial charge in [0.1, 0.15) is 6.54 Å². The number of hydrogen-bond acceptors (Lipinski definition) is 4. The average Bonchev–Trinajstić information content (AvgIpc) is 2.82. The molecule has 0 aliphatic carbocycles. The maximum Gasteiger partial charge on any atom is 0.158 e. The van der Waals surface area contributed by atoms with Crippen LogP contribution in [0.4, 0.5) is 0 Å². The summed E-state index contributed by atoms with van der Waals surface area (Å²) in [7, 11) is 1.88. The van der Waals surface area contributed by atoms with Gasteiger partial charge in [-0.25, -0.2) is 0 Å². The number of nitrogens with one attached hydrogen (secondary N) is 1. The first-order valence-electron chi connectivity index (χ1n) is 5.40. The van der Waals surface area contributed by atoms with Gasteiger partial charge in [0.15, 0.2) is 5.76 Å². The number of nitrogens with zero attached hydrogens (tertiary/aromatic N) is 3. The van der Waals surface area contributed by atoms with E-state index >= 15 is 0 Å². The Morgan fingerprint density at radius 2 is 2.24 bits per heavy atom. The van der Waals surface area contributed by atoms with Crippen molar-refractivity contribution in [2.75, 3.05) is 7.05 Å². The van der Waals surface area contributed by atoms with Crippen LogP contribution in [0.25, 0.3) is 0 Å². The van der Waals surface area contributed by atoms with Crippen LogP contribution in [0.5, 0.6) is 0 Å². The molecule has 0 saturated heterocycles. The third-order valence-corrected chi connectivity index (χ3v) is 3.71. The van der Waals surface area contributed by atoms with Crippen LogP contribution in [0, 0.1) is 13.8 Å². The lowest BCUT2D eigenvalue weighted by atomic mass is 10.3. The zero-order valence-electron chi connectivity index (χ0n) is 10.1. The van der Waals surface area contributed by atoms with Gasteiger partial charge in [-0.3, -0.25) is 4.68 Å². The van der Waals surface area contributed by atoms with Crippen molar-refractivity contribution in [3.05, 3.63) is 33.4 Å². The molecule has 0 radical (unpaired) electrons. The van der Waals surface area contributed by atoms with Crippen LogP contribution >= 0.6 is 15.9 Å². The standard InChI is InChI=1S/C11H15BrN4O/c1-7-11(12)8(2)16(14-7)6-10-4-9(5-13-3)15-17-10/h4,13H,5-6H2,1-3H3. The fourth-order valence-corrected chi connectivity index (χ4v) is 1.96. The molecule has 5 nitrogen and oxygen atoms in total. The maximum atomic E-state index is 5.26. The van der Waals surface area contributed by atoms with Crippen molar-refractivity contribution < 1.29 is 4.52 Å². The van der Waals surface area contributed by atoms with Crippen molar-refractivity contribution in [1.82, 2.24) is 20.3 Å². The van der Waals surface area contributed by atoms with E-state index in [9.17, 15) is 0 Å². The van der Waals surface area contributed by atoms with Crippen molar-refractivity contribution in [3.63, 3.8) is 0 Å². The van der Waals surface area contributed by atoms with Crippen LogP contribution in [0.15, 0.2) is 15.1 Å². The monoisotopic (exact) mass is 298 g/mol. The molecule has 17 heavy (non-hydrogen) atoms. The summed E-state index contributed by atoms with van der Waals surface area (Å²) in [6, 6.07) is 1.95. The highest BCUT2D eigenvalue weighted by atomic mass is 79.9. The van der Waals surface area contributed by atoms with Crippen LogP contribution in [0.1, 0.15) is 22.8 Å². The molecule has 2 rings (SSSR count). The van der Waals surface area contributed by atoms with Gasteiger partial charge in [-0.2, -0.15) is 5.10 Å². The summed E-state index contributed by atoms with van der Waals surface area (Å²) < 4.78 is 8.21. The predicted octanol–water partition coefficient (Wildman–Crippen LogP) is 2.02. The lowest BCUT2D eigenvalue weighted by Crippen LogP contribution is -2.05. The normalized spacial score (nSPS) is 11.1. The third-order valence-electron chi connectivity index (χ3n) is 2.56. The number of rotatable bonds is 4. The number of aromatic nitrogens is 3. The minimum atomic E-state index is 0.606. The molecule has 0 fully saturated rings. The molecular formula is C11H15BrN4O. The molecule has 0 aromatic carbocycles.